The van der Waals surface area contributed by atoms with Gasteiger partial charge in [-0.05, 0) is 57.8 Å². The van der Waals surface area contributed by atoms with Gasteiger partial charge < -0.3 is 0 Å². The number of nitrogens with one attached hydrogen (secondary N) is 1. The van der Waals surface area contributed by atoms with Crippen LogP contribution in [0.4, 0.5) is 0 Å². The lowest BCUT2D eigenvalue weighted by Gasteiger charge is -2.20. The summed E-state index contributed by atoms with van der Waals surface area (Å²) in [5.74, 6) is 6.58. The molecule has 2 aromatic rings. The Labute approximate surface area is 146 Å². The third kappa shape index (κ3) is 4.10. The third-order valence-electron chi connectivity index (χ3n) is 3.05. The Morgan fingerprint density at radius 3 is 2.62 bits per heavy atom. The van der Waals surface area contributed by atoms with Gasteiger partial charge in [-0.3, -0.25) is 16.0 Å². The van der Waals surface area contributed by atoms with E-state index in [-0.39, 0.29) is 12.1 Å². The van der Waals surface area contributed by atoms with E-state index in [4.69, 9.17) is 5.84 Å². The molecule has 0 spiro atoms. The number of thioether (sulfide) groups is 1. The molecule has 0 fully saturated rings. The Kier molecular flexibility index (Phi) is 6.31. The summed E-state index contributed by atoms with van der Waals surface area (Å²) in [5, 5.41) is 4.41. The van der Waals surface area contributed by atoms with Gasteiger partial charge in [0.15, 0.2) is 0 Å². The van der Waals surface area contributed by atoms with Gasteiger partial charge >= 0.3 is 0 Å². The molecular formula is C14H18Br2N4S. The number of aromatic nitrogens is 2. The summed E-state index contributed by atoms with van der Waals surface area (Å²) in [7, 11) is 0. The summed E-state index contributed by atoms with van der Waals surface area (Å²) in [5.41, 5.74) is 3.98. The van der Waals surface area contributed by atoms with E-state index >= 15 is 0 Å². The van der Waals surface area contributed by atoms with E-state index in [0.29, 0.717) is 0 Å². The van der Waals surface area contributed by atoms with Gasteiger partial charge in [0.2, 0.25) is 0 Å². The molecule has 2 rings (SSSR count). The maximum atomic E-state index is 5.77. The van der Waals surface area contributed by atoms with Crippen molar-refractivity contribution in [1.29, 1.82) is 0 Å². The first-order chi connectivity index (χ1) is 10.0. The Morgan fingerprint density at radius 2 is 2.00 bits per heavy atom. The molecule has 0 saturated carbocycles. The van der Waals surface area contributed by atoms with Crippen LogP contribution in [0, 0.1) is 0 Å². The molecule has 1 aromatic carbocycles. The van der Waals surface area contributed by atoms with Gasteiger partial charge in [0.25, 0.3) is 0 Å². The predicted molar refractivity (Wildman–Crippen MR) is 95.2 cm³/mol. The molecule has 0 radical (unpaired) electrons. The fourth-order valence-electron chi connectivity index (χ4n) is 2.03. The second kappa shape index (κ2) is 7.78. The number of hydrazine groups is 1. The number of nitrogens with zero attached hydrogens (tertiary/aromatic N) is 2. The number of hydrogen-bond acceptors (Lipinski definition) is 4. The van der Waals surface area contributed by atoms with Gasteiger partial charge in [0.05, 0.1) is 22.4 Å². The minimum Gasteiger partial charge on any atom is -0.271 e. The van der Waals surface area contributed by atoms with Crippen molar-refractivity contribution in [2.75, 3.05) is 5.75 Å². The van der Waals surface area contributed by atoms with Crippen molar-refractivity contribution in [1.82, 2.24) is 15.2 Å². The second-order valence-electron chi connectivity index (χ2n) is 4.88. The van der Waals surface area contributed by atoms with E-state index in [1.54, 1.807) is 11.8 Å². The Hall–Kier alpha value is -0.340. The van der Waals surface area contributed by atoms with Crippen molar-refractivity contribution in [3.05, 3.63) is 45.1 Å². The monoisotopic (exact) mass is 432 g/mol. The van der Waals surface area contributed by atoms with Crippen molar-refractivity contribution < 1.29 is 0 Å². The van der Waals surface area contributed by atoms with Crippen LogP contribution >= 0.6 is 43.6 Å². The van der Waals surface area contributed by atoms with Crippen LogP contribution in [0.5, 0.6) is 0 Å². The van der Waals surface area contributed by atoms with Crippen LogP contribution in [-0.2, 0) is 0 Å². The zero-order chi connectivity index (χ0) is 15.4. The van der Waals surface area contributed by atoms with Crippen molar-refractivity contribution in [3.63, 3.8) is 0 Å². The average molecular weight is 434 g/mol. The zero-order valence-electron chi connectivity index (χ0n) is 11.9. The quantitative estimate of drug-likeness (QED) is 0.405. The van der Waals surface area contributed by atoms with E-state index < -0.39 is 0 Å². The Morgan fingerprint density at radius 1 is 1.29 bits per heavy atom. The topological polar surface area (TPSA) is 55.9 Å². The minimum atomic E-state index is 0.0152. The van der Waals surface area contributed by atoms with Gasteiger partial charge in [-0.15, -0.1) is 11.8 Å². The predicted octanol–water partition coefficient (Wildman–Crippen LogP) is 4.29. The third-order valence-corrected chi connectivity index (χ3v) is 5.78. The lowest BCUT2D eigenvalue weighted by molar-refractivity contribution is 0.467. The van der Waals surface area contributed by atoms with E-state index in [9.17, 15) is 0 Å². The molecular weight excluding hydrogens is 416 g/mol. The van der Waals surface area contributed by atoms with Gasteiger partial charge in [-0.1, -0.05) is 12.1 Å². The van der Waals surface area contributed by atoms with Crippen molar-refractivity contribution in [3.8, 4) is 0 Å². The summed E-state index contributed by atoms with van der Waals surface area (Å²) in [6.07, 6.45) is 1.82. The molecule has 0 aliphatic heterocycles. The first-order valence-corrected chi connectivity index (χ1v) is 9.18. The summed E-state index contributed by atoms with van der Waals surface area (Å²) in [4.78, 5) is 1.20. The summed E-state index contributed by atoms with van der Waals surface area (Å²) < 4.78 is 4.07. The van der Waals surface area contributed by atoms with Crippen molar-refractivity contribution in [2.45, 2.75) is 30.8 Å². The highest BCUT2D eigenvalue weighted by Crippen LogP contribution is 2.33. The summed E-state index contributed by atoms with van der Waals surface area (Å²) in [6, 6.07) is 8.49. The van der Waals surface area contributed by atoms with Crippen LogP contribution in [-0.4, -0.2) is 15.5 Å². The molecule has 1 atom stereocenters. The van der Waals surface area contributed by atoms with Crippen molar-refractivity contribution in [2.24, 2.45) is 5.84 Å². The van der Waals surface area contributed by atoms with Gasteiger partial charge in [0.1, 0.15) is 0 Å². The lowest BCUT2D eigenvalue weighted by Crippen LogP contribution is -2.32. The maximum absolute atomic E-state index is 5.77. The number of halogens is 2. The van der Waals surface area contributed by atoms with E-state index in [2.05, 4.69) is 62.3 Å². The van der Waals surface area contributed by atoms with Gasteiger partial charge in [-0.2, -0.15) is 5.10 Å². The molecule has 0 aliphatic rings. The molecule has 114 valence electrons. The van der Waals surface area contributed by atoms with Crippen molar-refractivity contribution >= 4 is 43.6 Å². The standard InChI is InChI=1S/C14H18Br2N4S/c1-9(2)20-14(11(16)7-18-20)12(19-17)8-21-13-6-4-3-5-10(13)15/h3-7,9,12,19H,8,17H2,1-2H3. The summed E-state index contributed by atoms with van der Waals surface area (Å²) in [6.45, 7) is 4.22. The summed E-state index contributed by atoms with van der Waals surface area (Å²) >= 11 is 8.90. The molecule has 0 aliphatic carbocycles. The molecule has 3 N–H and O–H groups in total. The highest BCUT2D eigenvalue weighted by molar-refractivity contribution is 9.10. The molecule has 7 heteroatoms. The van der Waals surface area contributed by atoms with Crippen LogP contribution in [0.2, 0.25) is 0 Å². The lowest BCUT2D eigenvalue weighted by atomic mass is 10.2. The number of nitrogens with two attached hydrogens (primary N) is 1. The highest BCUT2D eigenvalue weighted by Gasteiger charge is 2.21. The Bertz CT molecular complexity index is 600. The van der Waals surface area contributed by atoms with E-state index in [0.717, 1.165) is 20.4 Å². The first-order valence-electron chi connectivity index (χ1n) is 6.61. The highest BCUT2D eigenvalue weighted by atomic mass is 79.9. The average Bonchev–Trinajstić information content (AvgIpc) is 2.84. The van der Waals surface area contributed by atoms with Crippen LogP contribution in [0.3, 0.4) is 0 Å². The van der Waals surface area contributed by atoms with Gasteiger partial charge in [-0.25, -0.2) is 0 Å². The zero-order valence-corrected chi connectivity index (χ0v) is 15.9. The first kappa shape index (κ1) is 17.0. The fraction of sp³-hybridized carbons (Fsp3) is 0.357. The van der Waals surface area contributed by atoms with Crippen LogP contribution in [0.1, 0.15) is 31.6 Å². The van der Waals surface area contributed by atoms with Crippen LogP contribution < -0.4 is 11.3 Å². The van der Waals surface area contributed by atoms with E-state index in [1.165, 1.54) is 4.90 Å². The fourth-order valence-corrected chi connectivity index (χ4v) is 4.19. The van der Waals surface area contributed by atoms with E-state index in [1.807, 2.05) is 29.1 Å². The number of rotatable bonds is 6. The molecule has 0 bridgehead atoms. The minimum absolute atomic E-state index is 0.0152. The van der Waals surface area contributed by atoms with Crippen LogP contribution in [0.25, 0.3) is 0 Å². The molecule has 0 saturated heterocycles. The second-order valence-corrected chi connectivity index (χ2v) is 7.65. The normalized spacial score (nSPS) is 12.9. The van der Waals surface area contributed by atoms with Crippen LogP contribution in [0.15, 0.2) is 44.3 Å². The number of benzene rings is 1. The molecule has 1 aromatic heterocycles. The largest absolute Gasteiger partial charge is 0.271 e. The van der Waals surface area contributed by atoms with Gasteiger partial charge in [0, 0.05) is 21.2 Å². The Balaban J connectivity index is 2.17. The molecule has 1 unspecified atom stereocenters. The molecule has 1 heterocycles. The maximum Gasteiger partial charge on any atom is 0.0734 e. The SMILES string of the molecule is CC(C)n1ncc(Br)c1C(CSc1ccccc1Br)NN. The molecule has 4 nitrogen and oxygen atoms in total. The smallest absolute Gasteiger partial charge is 0.0734 e. The molecule has 0 amide bonds. The number of hydrogen-bond donors (Lipinski definition) is 2. The molecule has 21 heavy (non-hydrogen) atoms.